The van der Waals surface area contributed by atoms with Gasteiger partial charge >= 0.3 is 0 Å². The maximum Gasteiger partial charge on any atom is 0.239 e. The number of hydrogen-bond acceptors (Lipinski definition) is 4. The maximum absolute atomic E-state index is 12.5. The van der Waals surface area contributed by atoms with Crippen molar-refractivity contribution in [3.8, 4) is 11.5 Å². The van der Waals surface area contributed by atoms with Crippen LogP contribution in [0.25, 0.3) is 0 Å². The summed E-state index contributed by atoms with van der Waals surface area (Å²) in [7, 11) is 3.06. The fraction of sp³-hybridized carbons (Fsp3) is 0.556. The van der Waals surface area contributed by atoms with Gasteiger partial charge < -0.3 is 20.1 Å². The second kappa shape index (κ2) is 9.15. The zero-order valence-electron chi connectivity index (χ0n) is 15.2. The van der Waals surface area contributed by atoms with E-state index in [4.69, 9.17) is 9.47 Å². The van der Waals surface area contributed by atoms with Gasteiger partial charge in [0.15, 0.2) is 0 Å². The molecule has 0 unspecified atom stereocenters. The Balaban J connectivity index is 2.76. The number of nitrogens with one attached hydrogen (secondary N) is 2. The van der Waals surface area contributed by atoms with Crippen LogP contribution in [0.4, 0.5) is 5.69 Å². The molecule has 2 amide bonds. The summed E-state index contributed by atoms with van der Waals surface area (Å²) in [6.07, 6.45) is 3.04. The summed E-state index contributed by atoms with van der Waals surface area (Å²) in [5.41, 5.74) is -0.688. The van der Waals surface area contributed by atoms with Crippen LogP contribution in [0.15, 0.2) is 18.2 Å². The Kier molecular flexibility index (Phi) is 7.55. The normalized spacial score (nSPS) is 10.9. The van der Waals surface area contributed by atoms with Crippen molar-refractivity contribution in [2.45, 2.75) is 40.0 Å². The molecule has 0 atom stereocenters. The number of methoxy groups -OCH3 is 2. The summed E-state index contributed by atoms with van der Waals surface area (Å²) < 4.78 is 10.4. The second-order valence-corrected chi connectivity index (χ2v) is 6.11. The molecule has 24 heavy (non-hydrogen) atoms. The van der Waals surface area contributed by atoms with Crippen LogP contribution in [0.5, 0.6) is 11.5 Å². The number of ether oxygens (including phenoxy) is 2. The van der Waals surface area contributed by atoms with Gasteiger partial charge in [-0.3, -0.25) is 9.59 Å². The van der Waals surface area contributed by atoms with Crippen LogP contribution < -0.4 is 20.1 Å². The Morgan fingerprint density at radius 1 is 1.08 bits per heavy atom. The van der Waals surface area contributed by atoms with Gasteiger partial charge in [-0.15, -0.1) is 0 Å². The first-order valence-electron chi connectivity index (χ1n) is 8.18. The van der Waals surface area contributed by atoms with Gasteiger partial charge in [0, 0.05) is 12.6 Å². The molecule has 0 saturated carbocycles. The molecule has 1 aromatic carbocycles. The Morgan fingerprint density at radius 3 is 2.38 bits per heavy atom. The van der Waals surface area contributed by atoms with Crippen LogP contribution in [0, 0.1) is 5.41 Å². The largest absolute Gasteiger partial charge is 0.497 e. The summed E-state index contributed by atoms with van der Waals surface area (Å²) in [5.74, 6) is 0.419. The third-order valence-corrected chi connectivity index (χ3v) is 3.86. The van der Waals surface area contributed by atoms with Crippen molar-refractivity contribution in [3.63, 3.8) is 0 Å². The molecule has 0 aromatic heterocycles. The summed E-state index contributed by atoms with van der Waals surface area (Å²) >= 11 is 0. The number of carbonyl (C=O) groups is 2. The fourth-order valence-corrected chi connectivity index (χ4v) is 2.08. The molecule has 1 aromatic rings. The molecule has 0 aliphatic carbocycles. The predicted molar refractivity (Wildman–Crippen MR) is 94.5 cm³/mol. The van der Waals surface area contributed by atoms with Gasteiger partial charge in [0.1, 0.15) is 16.9 Å². The molecule has 0 spiro atoms. The fourth-order valence-electron chi connectivity index (χ4n) is 2.08. The standard InChI is InChI=1S/C18H28N2O4/c1-6-7-8-11-19-16(21)18(2,3)17(22)20-14-10-9-13(23-4)12-15(14)24-5/h9-10,12H,6-8,11H2,1-5H3,(H,19,21)(H,20,22). The molecule has 0 aliphatic heterocycles. The highest BCUT2D eigenvalue weighted by atomic mass is 16.5. The first kappa shape index (κ1) is 19.8. The van der Waals surface area contributed by atoms with Gasteiger partial charge in [0.05, 0.1) is 19.9 Å². The highest BCUT2D eigenvalue weighted by Gasteiger charge is 2.36. The topological polar surface area (TPSA) is 76.7 Å². The highest BCUT2D eigenvalue weighted by Crippen LogP contribution is 2.30. The van der Waals surface area contributed by atoms with E-state index in [0.717, 1.165) is 19.3 Å². The van der Waals surface area contributed by atoms with E-state index < -0.39 is 5.41 Å². The maximum atomic E-state index is 12.5. The zero-order valence-corrected chi connectivity index (χ0v) is 15.2. The zero-order chi connectivity index (χ0) is 18.2. The molecule has 2 N–H and O–H groups in total. The molecule has 6 heteroatoms. The summed E-state index contributed by atoms with van der Waals surface area (Å²) in [5, 5.41) is 5.58. The third kappa shape index (κ3) is 5.15. The van der Waals surface area contributed by atoms with E-state index in [1.165, 1.54) is 7.11 Å². The van der Waals surface area contributed by atoms with E-state index in [1.807, 2.05) is 0 Å². The van der Waals surface area contributed by atoms with E-state index in [1.54, 1.807) is 39.2 Å². The van der Waals surface area contributed by atoms with Gasteiger partial charge in [-0.2, -0.15) is 0 Å². The minimum absolute atomic E-state index is 0.288. The quantitative estimate of drug-likeness (QED) is 0.537. The van der Waals surface area contributed by atoms with Crippen molar-refractivity contribution in [1.82, 2.24) is 5.32 Å². The van der Waals surface area contributed by atoms with Gasteiger partial charge in [-0.1, -0.05) is 19.8 Å². The third-order valence-electron chi connectivity index (χ3n) is 3.86. The van der Waals surface area contributed by atoms with Crippen molar-refractivity contribution in [2.24, 2.45) is 5.41 Å². The number of unbranched alkanes of at least 4 members (excludes halogenated alkanes) is 2. The van der Waals surface area contributed by atoms with Gasteiger partial charge in [-0.05, 0) is 32.4 Å². The number of carbonyl (C=O) groups excluding carboxylic acids is 2. The van der Waals surface area contributed by atoms with Crippen LogP contribution in [0.1, 0.15) is 40.0 Å². The van der Waals surface area contributed by atoms with Gasteiger partial charge in [0.2, 0.25) is 11.8 Å². The molecular weight excluding hydrogens is 308 g/mol. The lowest BCUT2D eigenvalue weighted by Crippen LogP contribution is -2.45. The lowest BCUT2D eigenvalue weighted by atomic mass is 9.91. The molecule has 0 heterocycles. The van der Waals surface area contributed by atoms with Crippen LogP contribution in [-0.4, -0.2) is 32.6 Å². The van der Waals surface area contributed by atoms with Gasteiger partial charge in [0.25, 0.3) is 0 Å². The van der Waals surface area contributed by atoms with Crippen molar-refractivity contribution in [1.29, 1.82) is 0 Å². The van der Waals surface area contributed by atoms with Crippen LogP contribution in [-0.2, 0) is 9.59 Å². The highest BCUT2D eigenvalue weighted by molar-refractivity contribution is 6.10. The predicted octanol–water partition coefficient (Wildman–Crippen LogP) is 2.97. The number of hydrogen-bond donors (Lipinski definition) is 2. The van der Waals surface area contributed by atoms with Crippen molar-refractivity contribution < 1.29 is 19.1 Å². The lowest BCUT2D eigenvalue weighted by molar-refractivity contribution is -0.138. The summed E-state index contributed by atoms with van der Waals surface area (Å²) in [6.45, 7) is 5.89. The van der Waals surface area contributed by atoms with Crippen molar-refractivity contribution >= 4 is 17.5 Å². The SMILES string of the molecule is CCCCCNC(=O)C(C)(C)C(=O)Nc1ccc(OC)cc1OC. The smallest absolute Gasteiger partial charge is 0.239 e. The molecule has 134 valence electrons. The minimum Gasteiger partial charge on any atom is -0.497 e. The van der Waals surface area contributed by atoms with Crippen molar-refractivity contribution in [3.05, 3.63) is 18.2 Å². The molecule has 0 radical (unpaired) electrons. The molecule has 6 nitrogen and oxygen atoms in total. The first-order valence-corrected chi connectivity index (χ1v) is 8.18. The first-order chi connectivity index (χ1) is 11.4. The molecule has 1 rings (SSSR count). The molecule has 0 bridgehead atoms. The number of rotatable bonds is 9. The Hall–Kier alpha value is -2.24. The Morgan fingerprint density at radius 2 is 1.79 bits per heavy atom. The van der Waals surface area contributed by atoms with E-state index in [2.05, 4.69) is 17.6 Å². The Bertz CT molecular complexity index is 570. The second-order valence-electron chi connectivity index (χ2n) is 6.11. The van der Waals surface area contributed by atoms with E-state index in [-0.39, 0.29) is 11.8 Å². The van der Waals surface area contributed by atoms with Crippen LogP contribution >= 0.6 is 0 Å². The van der Waals surface area contributed by atoms with Crippen LogP contribution in [0.2, 0.25) is 0 Å². The number of anilines is 1. The molecule has 0 fully saturated rings. The summed E-state index contributed by atoms with van der Waals surface area (Å²) in [4.78, 5) is 24.8. The van der Waals surface area contributed by atoms with Gasteiger partial charge in [-0.25, -0.2) is 0 Å². The van der Waals surface area contributed by atoms with E-state index in [9.17, 15) is 9.59 Å². The Labute approximate surface area is 143 Å². The lowest BCUT2D eigenvalue weighted by Gasteiger charge is -2.23. The molecule has 0 saturated heterocycles. The monoisotopic (exact) mass is 336 g/mol. The van der Waals surface area contributed by atoms with Crippen LogP contribution in [0.3, 0.4) is 0 Å². The van der Waals surface area contributed by atoms with E-state index in [0.29, 0.717) is 23.7 Å². The average molecular weight is 336 g/mol. The van der Waals surface area contributed by atoms with E-state index >= 15 is 0 Å². The van der Waals surface area contributed by atoms with Crippen molar-refractivity contribution in [2.75, 3.05) is 26.1 Å². The minimum atomic E-state index is -1.18. The average Bonchev–Trinajstić information content (AvgIpc) is 2.58. The molecular formula is C18H28N2O4. The number of benzene rings is 1. The summed E-state index contributed by atoms with van der Waals surface area (Å²) in [6, 6.07) is 5.08. The number of amides is 2. The molecule has 0 aliphatic rings.